The van der Waals surface area contributed by atoms with Gasteiger partial charge in [-0.1, -0.05) is 0 Å². The number of hydrogen-bond donors (Lipinski definition) is 0. The molecule has 0 fully saturated rings. The van der Waals surface area contributed by atoms with Crippen LogP contribution in [0.4, 0.5) is 0 Å². The predicted molar refractivity (Wildman–Crippen MR) is 115 cm³/mol. The van der Waals surface area contributed by atoms with Crippen molar-refractivity contribution >= 4 is 39.5 Å². The van der Waals surface area contributed by atoms with E-state index in [1.54, 1.807) is 0 Å². The first-order valence-corrected chi connectivity index (χ1v) is 15.2. The van der Waals surface area contributed by atoms with Crippen molar-refractivity contribution in [2.75, 3.05) is 0 Å². The van der Waals surface area contributed by atoms with E-state index < -0.39 is 13.3 Å². The van der Waals surface area contributed by atoms with Gasteiger partial charge >= 0.3 is 165 Å². The minimum atomic E-state index is -2.64. The normalized spacial score (nSPS) is 15.5. The number of fused-ring (bicyclic) bond motifs is 1. The number of halogens is 1. The quantitative estimate of drug-likeness (QED) is 0.466. The van der Waals surface area contributed by atoms with E-state index in [1.807, 2.05) is 30.3 Å². The molecule has 0 bridgehead atoms. The van der Waals surface area contributed by atoms with E-state index in [-0.39, 0.29) is 5.78 Å². The average molecular weight is 428 g/mol. The second kappa shape index (κ2) is 8.58. The van der Waals surface area contributed by atoms with Crippen molar-refractivity contribution in [1.29, 1.82) is 0 Å². The molecule has 0 radical (unpaired) electrons. The van der Waals surface area contributed by atoms with E-state index in [9.17, 15) is 4.79 Å². The summed E-state index contributed by atoms with van der Waals surface area (Å²) in [6, 6.07) is 16.5. The Morgan fingerprint density at radius 2 is 1.50 bits per heavy atom. The Labute approximate surface area is 164 Å². The number of benzene rings is 2. The Morgan fingerprint density at radius 3 is 2.12 bits per heavy atom. The third-order valence-corrected chi connectivity index (χ3v) is 17.0. The second-order valence-corrected chi connectivity index (χ2v) is 16.6. The van der Waals surface area contributed by atoms with Gasteiger partial charge in [0.2, 0.25) is 0 Å². The Morgan fingerprint density at radius 1 is 0.885 bits per heavy atom. The van der Waals surface area contributed by atoms with Crippen LogP contribution in [0.3, 0.4) is 0 Å². The molecule has 2 aromatic rings. The van der Waals surface area contributed by atoms with Gasteiger partial charge in [-0.15, -0.1) is 0 Å². The van der Waals surface area contributed by atoms with Crippen LogP contribution in [0, 0.1) is 0 Å². The van der Waals surface area contributed by atoms with Gasteiger partial charge in [0.05, 0.1) is 0 Å². The molecule has 1 nitrogen and oxygen atoms in total. The maximum atomic E-state index is 12.9. The summed E-state index contributed by atoms with van der Waals surface area (Å²) in [6.07, 6.45) is 6.83. The van der Waals surface area contributed by atoms with Crippen LogP contribution in [-0.4, -0.2) is 19.0 Å². The van der Waals surface area contributed by atoms with Gasteiger partial charge < -0.3 is 0 Å². The van der Waals surface area contributed by atoms with Gasteiger partial charge in [0, 0.05) is 0 Å². The van der Waals surface area contributed by atoms with E-state index in [0.717, 1.165) is 10.6 Å². The number of hydrogen-bond acceptors (Lipinski definition) is 1. The first-order chi connectivity index (χ1) is 12.6. The molecule has 136 valence electrons. The van der Waals surface area contributed by atoms with E-state index in [0.29, 0.717) is 0 Å². The van der Waals surface area contributed by atoms with Crippen LogP contribution < -0.4 is 4.40 Å². The van der Waals surface area contributed by atoms with Crippen LogP contribution in [-0.2, 0) is 0 Å². The molecule has 0 unspecified atom stereocenters. The zero-order valence-corrected chi connectivity index (χ0v) is 18.6. The van der Waals surface area contributed by atoms with Gasteiger partial charge in [-0.2, -0.15) is 0 Å². The molecular formula is C23H27ClGeO. The molecule has 0 spiro atoms. The predicted octanol–water partition coefficient (Wildman–Crippen LogP) is 6.42. The monoisotopic (exact) mass is 428 g/mol. The van der Waals surface area contributed by atoms with Crippen molar-refractivity contribution in [3.05, 3.63) is 70.8 Å². The summed E-state index contributed by atoms with van der Waals surface area (Å²) < 4.78 is 2.75. The Balaban J connectivity index is 2.21. The zero-order chi connectivity index (χ0) is 18.6. The molecular weight excluding hydrogens is 400 g/mol. The summed E-state index contributed by atoms with van der Waals surface area (Å²) in [5.41, 5.74) is 2.15. The topological polar surface area (TPSA) is 17.1 Å². The van der Waals surface area contributed by atoms with E-state index >= 15 is 0 Å². The molecule has 1 aliphatic rings. The van der Waals surface area contributed by atoms with Crippen molar-refractivity contribution in [2.24, 2.45) is 0 Å². The molecule has 0 N–H and O–H groups in total. The van der Waals surface area contributed by atoms with E-state index in [2.05, 4.69) is 38.1 Å². The number of unbranched alkanes of at least 4 members (excludes halogenated alkanes) is 2. The number of carbonyl (C=O) groups is 1. The van der Waals surface area contributed by atoms with Crippen LogP contribution in [0.15, 0.2) is 54.6 Å². The van der Waals surface area contributed by atoms with Crippen molar-refractivity contribution < 1.29 is 4.79 Å². The summed E-state index contributed by atoms with van der Waals surface area (Å²) in [5, 5.41) is 3.27. The molecule has 0 amide bonds. The van der Waals surface area contributed by atoms with Gasteiger partial charge in [0.1, 0.15) is 0 Å². The molecule has 26 heavy (non-hydrogen) atoms. The SMILES string of the molecule is CCC[CH2][Ge]1([CH2]CCC)[C](c2ccc(Cl)cc2)=CC(=O)c2cccc[c]21. The van der Waals surface area contributed by atoms with Crippen LogP contribution in [0.25, 0.3) is 4.41 Å². The molecule has 0 saturated carbocycles. The number of rotatable bonds is 7. The Hall–Kier alpha value is -1.32. The molecule has 0 saturated heterocycles. The standard InChI is InChI=1S/C23H27ClGeO/c1-3-5-15-25(16-6-4-2)21-10-8-7-9-20(21)23(26)17-22(25)18-11-13-19(24)14-12-18/h7-14,17H,3-6,15-16H2,1-2H3. The Kier molecular flexibility index (Phi) is 6.42. The molecule has 0 aliphatic carbocycles. The summed E-state index contributed by atoms with van der Waals surface area (Å²) in [7, 11) is 0. The first kappa shape index (κ1) is 19.4. The van der Waals surface area contributed by atoms with Gasteiger partial charge in [0.25, 0.3) is 0 Å². The second-order valence-electron chi connectivity index (χ2n) is 7.26. The molecule has 0 atom stereocenters. The first-order valence-electron chi connectivity index (χ1n) is 9.74. The summed E-state index contributed by atoms with van der Waals surface area (Å²) in [6.45, 7) is 4.53. The summed E-state index contributed by atoms with van der Waals surface area (Å²) in [4.78, 5) is 12.9. The van der Waals surface area contributed by atoms with Gasteiger partial charge in [0.15, 0.2) is 0 Å². The van der Waals surface area contributed by atoms with Gasteiger partial charge in [-0.3, -0.25) is 0 Å². The molecule has 1 aliphatic heterocycles. The van der Waals surface area contributed by atoms with Crippen LogP contribution in [0.5, 0.6) is 0 Å². The van der Waals surface area contributed by atoms with Gasteiger partial charge in [-0.25, -0.2) is 0 Å². The third-order valence-electron chi connectivity index (χ3n) is 5.57. The van der Waals surface area contributed by atoms with Crippen LogP contribution in [0.2, 0.25) is 15.5 Å². The van der Waals surface area contributed by atoms with Crippen LogP contribution >= 0.6 is 11.6 Å². The fourth-order valence-electron chi connectivity index (χ4n) is 4.22. The van der Waals surface area contributed by atoms with E-state index in [4.69, 9.17) is 11.6 Å². The van der Waals surface area contributed by atoms with Crippen molar-refractivity contribution in [3.63, 3.8) is 0 Å². The van der Waals surface area contributed by atoms with Crippen molar-refractivity contribution in [1.82, 2.24) is 0 Å². The minimum absolute atomic E-state index is 0.166. The molecule has 2 aromatic carbocycles. The molecule has 0 aromatic heterocycles. The van der Waals surface area contributed by atoms with Gasteiger partial charge in [-0.05, 0) is 0 Å². The van der Waals surface area contributed by atoms with Crippen molar-refractivity contribution in [2.45, 2.75) is 50.0 Å². The van der Waals surface area contributed by atoms with Crippen molar-refractivity contribution in [3.8, 4) is 0 Å². The maximum absolute atomic E-state index is 12.9. The number of allylic oxidation sites excluding steroid dienone is 1. The number of carbonyl (C=O) groups excluding carboxylic acids is 1. The third kappa shape index (κ3) is 3.70. The molecule has 1 heterocycles. The molecule has 3 rings (SSSR count). The average Bonchev–Trinajstić information content (AvgIpc) is 2.67. The van der Waals surface area contributed by atoms with E-state index in [1.165, 1.54) is 50.6 Å². The summed E-state index contributed by atoms with van der Waals surface area (Å²) in [5.74, 6) is 0.166. The zero-order valence-electron chi connectivity index (χ0n) is 15.7. The fourth-order valence-corrected chi connectivity index (χ4v) is 16.5. The number of ketones is 1. The Bertz CT molecular complexity index is 799. The fraction of sp³-hybridized carbons (Fsp3) is 0.348. The van der Waals surface area contributed by atoms with Crippen LogP contribution in [0.1, 0.15) is 55.5 Å². The molecule has 3 heteroatoms. The summed E-state index contributed by atoms with van der Waals surface area (Å²) >= 11 is 3.49.